The molecule has 0 N–H and O–H groups in total. The van der Waals surface area contributed by atoms with Gasteiger partial charge in [-0.15, -0.1) is 0 Å². The molecule has 8 heteroatoms. The second-order valence-corrected chi connectivity index (χ2v) is 6.45. The average Bonchev–Trinajstić information content (AvgIpc) is 3.11. The van der Waals surface area contributed by atoms with Gasteiger partial charge in [-0.3, -0.25) is 4.79 Å². The number of nitrogens with zero attached hydrogens (tertiary/aromatic N) is 5. The molecule has 140 valence electrons. The molecule has 1 saturated heterocycles. The van der Waals surface area contributed by atoms with Gasteiger partial charge in [0.2, 0.25) is 5.91 Å². The number of ether oxygens (including phenoxy) is 2. The van der Waals surface area contributed by atoms with E-state index in [4.69, 9.17) is 9.47 Å². The first-order valence-corrected chi connectivity index (χ1v) is 8.94. The number of piperidine rings is 1. The molecule has 8 nitrogen and oxygen atoms in total. The van der Waals surface area contributed by atoms with Crippen molar-refractivity contribution in [2.24, 2.45) is 0 Å². The van der Waals surface area contributed by atoms with Crippen LogP contribution in [0.3, 0.4) is 0 Å². The molecule has 1 aromatic carbocycles. The summed E-state index contributed by atoms with van der Waals surface area (Å²) < 4.78 is 13.0. The van der Waals surface area contributed by atoms with Gasteiger partial charge >= 0.3 is 0 Å². The van der Waals surface area contributed by atoms with Crippen LogP contribution >= 0.6 is 0 Å². The standard InChI is InChI=1S/C19H21N5O3/c1-26-18-19(21-9-8-20-18)27-14-5-4-10-23(11-14)17(25)12-24-13-22-15-6-2-3-7-16(15)24/h2-3,6-9,13-14H,4-5,10-12H2,1H3/t14-/m1/s1. The number of hydrogen-bond donors (Lipinski definition) is 0. The Morgan fingerprint density at radius 3 is 2.85 bits per heavy atom. The van der Waals surface area contributed by atoms with Gasteiger partial charge in [0.05, 0.1) is 31.0 Å². The zero-order valence-corrected chi connectivity index (χ0v) is 15.1. The minimum Gasteiger partial charge on any atom is -0.477 e. The number of rotatable bonds is 5. The van der Waals surface area contributed by atoms with E-state index in [1.807, 2.05) is 33.7 Å². The van der Waals surface area contributed by atoms with E-state index in [2.05, 4.69) is 15.0 Å². The maximum atomic E-state index is 12.8. The Hall–Kier alpha value is -3.16. The number of likely N-dealkylation sites (tertiary alicyclic amines) is 1. The number of para-hydroxylation sites is 2. The van der Waals surface area contributed by atoms with Crippen LogP contribution in [-0.2, 0) is 11.3 Å². The molecular weight excluding hydrogens is 346 g/mol. The molecule has 0 saturated carbocycles. The van der Waals surface area contributed by atoms with Gasteiger partial charge in [-0.05, 0) is 25.0 Å². The topological polar surface area (TPSA) is 82.4 Å². The lowest BCUT2D eigenvalue weighted by Gasteiger charge is -2.32. The summed E-state index contributed by atoms with van der Waals surface area (Å²) in [5, 5.41) is 0. The molecular formula is C19H21N5O3. The molecule has 1 amide bonds. The highest BCUT2D eigenvalue weighted by Crippen LogP contribution is 2.24. The smallest absolute Gasteiger partial charge is 0.278 e. The number of fused-ring (bicyclic) bond motifs is 1. The summed E-state index contributed by atoms with van der Waals surface area (Å²) in [6, 6.07) is 7.80. The summed E-state index contributed by atoms with van der Waals surface area (Å²) in [6.45, 7) is 1.51. The van der Waals surface area contributed by atoms with Crippen LogP contribution < -0.4 is 9.47 Å². The lowest BCUT2D eigenvalue weighted by atomic mass is 10.1. The summed E-state index contributed by atoms with van der Waals surface area (Å²) in [4.78, 5) is 27.3. The number of carbonyl (C=O) groups is 1. The number of aromatic nitrogens is 4. The zero-order valence-electron chi connectivity index (χ0n) is 15.1. The quantitative estimate of drug-likeness (QED) is 0.685. The minimum atomic E-state index is -0.132. The maximum absolute atomic E-state index is 12.8. The van der Waals surface area contributed by atoms with Crippen molar-refractivity contribution in [1.82, 2.24) is 24.4 Å². The van der Waals surface area contributed by atoms with Crippen molar-refractivity contribution in [3.05, 3.63) is 43.0 Å². The lowest BCUT2D eigenvalue weighted by molar-refractivity contribution is -0.134. The largest absolute Gasteiger partial charge is 0.477 e. The summed E-state index contributed by atoms with van der Waals surface area (Å²) >= 11 is 0. The molecule has 1 aliphatic heterocycles. The fraction of sp³-hybridized carbons (Fsp3) is 0.368. The highest BCUT2D eigenvalue weighted by atomic mass is 16.5. The van der Waals surface area contributed by atoms with Gasteiger partial charge in [-0.1, -0.05) is 12.1 Å². The van der Waals surface area contributed by atoms with Gasteiger partial charge in [0.25, 0.3) is 11.8 Å². The molecule has 1 atom stereocenters. The summed E-state index contributed by atoms with van der Waals surface area (Å²) in [5.74, 6) is 0.767. The minimum absolute atomic E-state index is 0.0533. The van der Waals surface area contributed by atoms with Crippen LogP contribution in [0.1, 0.15) is 12.8 Å². The molecule has 1 aliphatic rings. The van der Waals surface area contributed by atoms with Crippen molar-refractivity contribution >= 4 is 16.9 Å². The van der Waals surface area contributed by atoms with Crippen molar-refractivity contribution < 1.29 is 14.3 Å². The lowest BCUT2D eigenvalue weighted by Crippen LogP contribution is -2.45. The fourth-order valence-corrected chi connectivity index (χ4v) is 3.33. The molecule has 4 rings (SSSR count). The van der Waals surface area contributed by atoms with Crippen LogP contribution in [0.4, 0.5) is 0 Å². The Kier molecular flexibility index (Phi) is 4.86. The van der Waals surface area contributed by atoms with Gasteiger partial charge in [0.1, 0.15) is 12.6 Å². The van der Waals surface area contributed by atoms with Gasteiger partial charge in [0.15, 0.2) is 0 Å². The normalized spacial score (nSPS) is 17.1. The van der Waals surface area contributed by atoms with E-state index < -0.39 is 0 Å². The van der Waals surface area contributed by atoms with Crippen LogP contribution in [0.15, 0.2) is 43.0 Å². The third-order valence-corrected chi connectivity index (χ3v) is 4.67. The molecule has 0 radical (unpaired) electrons. The third-order valence-electron chi connectivity index (χ3n) is 4.67. The van der Waals surface area contributed by atoms with Gasteiger partial charge < -0.3 is 18.9 Å². The van der Waals surface area contributed by atoms with E-state index in [-0.39, 0.29) is 18.6 Å². The molecule has 1 fully saturated rings. The van der Waals surface area contributed by atoms with Crippen molar-refractivity contribution in [1.29, 1.82) is 0 Å². The van der Waals surface area contributed by atoms with Crippen molar-refractivity contribution in [3.8, 4) is 11.8 Å². The Labute approximate surface area is 156 Å². The first-order chi connectivity index (χ1) is 13.2. The second kappa shape index (κ2) is 7.61. The summed E-state index contributed by atoms with van der Waals surface area (Å²) in [5.41, 5.74) is 1.85. The Morgan fingerprint density at radius 1 is 1.19 bits per heavy atom. The van der Waals surface area contributed by atoms with E-state index >= 15 is 0 Å². The Balaban J connectivity index is 1.42. The van der Waals surface area contributed by atoms with Gasteiger partial charge in [-0.25, -0.2) is 15.0 Å². The predicted octanol–water partition coefficient (Wildman–Crippen LogP) is 1.90. The maximum Gasteiger partial charge on any atom is 0.278 e. The SMILES string of the molecule is COc1nccnc1O[C@@H]1CCCN(C(=O)Cn2cnc3ccccc32)C1. The highest BCUT2D eigenvalue weighted by Gasteiger charge is 2.26. The average molecular weight is 367 g/mol. The zero-order chi connectivity index (χ0) is 18.6. The highest BCUT2D eigenvalue weighted by molar-refractivity contribution is 5.80. The number of benzene rings is 1. The number of imidazole rings is 1. The van der Waals surface area contributed by atoms with Crippen molar-refractivity contribution in [2.45, 2.75) is 25.5 Å². The number of methoxy groups -OCH3 is 1. The molecule has 3 aromatic rings. The predicted molar refractivity (Wildman–Crippen MR) is 98.5 cm³/mol. The summed E-state index contributed by atoms with van der Waals surface area (Å²) in [6.07, 6.45) is 6.44. The first kappa shape index (κ1) is 17.3. The second-order valence-electron chi connectivity index (χ2n) is 6.45. The van der Waals surface area contributed by atoms with E-state index in [9.17, 15) is 4.79 Å². The van der Waals surface area contributed by atoms with Gasteiger partial charge in [-0.2, -0.15) is 0 Å². The molecule has 3 heterocycles. The van der Waals surface area contributed by atoms with E-state index in [0.717, 1.165) is 30.4 Å². The Morgan fingerprint density at radius 2 is 2.00 bits per heavy atom. The molecule has 27 heavy (non-hydrogen) atoms. The molecule has 0 unspecified atom stereocenters. The van der Waals surface area contributed by atoms with Gasteiger partial charge in [0, 0.05) is 18.9 Å². The first-order valence-electron chi connectivity index (χ1n) is 8.94. The summed E-state index contributed by atoms with van der Waals surface area (Å²) in [7, 11) is 1.53. The van der Waals surface area contributed by atoms with Crippen LogP contribution in [-0.4, -0.2) is 56.6 Å². The third kappa shape index (κ3) is 3.69. The number of amides is 1. The fourth-order valence-electron chi connectivity index (χ4n) is 3.33. The molecule has 0 spiro atoms. The number of carbonyl (C=O) groups excluding carboxylic acids is 1. The van der Waals surface area contributed by atoms with E-state index in [1.54, 1.807) is 18.7 Å². The van der Waals surface area contributed by atoms with Crippen molar-refractivity contribution in [2.75, 3.05) is 20.2 Å². The van der Waals surface area contributed by atoms with Crippen LogP contribution in [0.25, 0.3) is 11.0 Å². The molecule has 2 aromatic heterocycles. The van der Waals surface area contributed by atoms with Crippen LogP contribution in [0.5, 0.6) is 11.8 Å². The monoisotopic (exact) mass is 367 g/mol. The number of hydrogen-bond acceptors (Lipinski definition) is 6. The molecule has 0 aliphatic carbocycles. The van der Waals surface area contributed by atoms with E-state index in [1.165, 1.54) is 7.11 Å². The van der Waals surface area contributed by atoms with E-state index in [0.29, 0.717) is 18.3 Å². The van der Waals surface area contributed by atoms with Crippen LogP contribution in [0.2, 0.25) is 0 Å². The van der Waals surface area contributed by atoms with Crippen LogP contribution in [0, 0.1) is 0 Å². The Bertz CT molecular complexity index is 942. The molecule has 0 bridgehead atoms. The van der Waals surface area contributed by atoms with Crippen molar-refractivity contribution in [3.63, 3.8) is 0 Å².